The van der Waals surface area contributed by atoms with Gasteiger partial charge >= 0.3 is 0 Å². The summed E-state index contributed by atoms with van der Waals surface area (Å²) in [7, 11) is 0. The number of thiophene rings is 1. The monoisotopic (exact) mass is 445 g/mol. The van der Waals surface area contributed by atoms with Crippen LogP contribution < -0.4 is 5.32 Å². The Morgan fingerprint density at radius 2 is 2.15 bits per heavy atom. The Balaban J connectivity index is 1.85. The Hall–Kier alpha value is -2.51. The molecule has 0 aliphatic rings. The number of nitrogens with zero attached hydrogens (tertiary/aromatic N) is 2. The number of carbonyl (C=O) groups is 1. The first-order chi connectivity index (χ1) is 13.0. The summed E-state index contributed by atoms with van der Waals surface area (Å²) < 4.78 is 15.8. The van der Waals surface area contributed by atoms with Gasteiger partial charge in [0.25, 0.3) is 5.91 Å². The van der Waals surface area contributed by atoms with E-state index in [4.69, 9.17) is 0 Å². The van der Waals surface area contributed by atoms with Gasteiger partial charge in [0.1, 0.15) is 5.82 Å². The van der Waals surface area contributed by atoms with Crippen molar-refractivity contribution >= 4 is 44.8 Å². The number of hydrogen-bond acceptors (Lipinski definition) is 3. The molecule has 138 valence electrons. The molecule has 0 unspecified atom stereocenters. The topological polar surface area (TPSA) is 46.9 Å². The molecule has 0 spiro atoms. The van der Waals surface area contributed by atoms with E-state index in [-0.39, 0.29) is 11.7 Å². The first-order valence-corrected chi connectivity index (χ1v) is 9.85. The van der Waals surface area contributed by atoms with E-state index in [1.807, 2.05) is 11.4 Å². The highest BCUT2D eigenvalue weighted by atomic mass is 79.9. The van der Waals surface area contributed by atoms with Gasteiger partial charge in [-0.25, -0.2) is 9.07 Å². The molecule has 7 heteroatoms. The molecule has 0 aliphatic heterocycles. The van der Waals surface area contributed by atoms with Gasteiger partial charge in [-0.15, -0.1) is 11.3 Å². The number of allylic oxidation sites excluding steroid dienone is 1. The molecule has 1 aromatic carbocycles. The molecule has 0 bridgehead atoms. The summed E-state index contributed by atoms with van der Waals surface area (Å²) >= 11 is 4.98. The third kappa shape index (κ3) is 4.26. The second-order valence-electron chi connectivity index (χ2n) is 5.65. The normalized spacial score (nSPS) is 11.4. The minimum atomic E-state index is -0.319. The first-order valence-electron chi connectivity index (χ1n) is 8.17. The third-order valence-corrected chi connectivity index (χ3v) is 5.64. The number of aromatic nitrogens is 2. The lowest BCUT2D eigenvalue weighted by atomic mass is 10.1. The second-order valence-corrected chi connectivity index (χ2v) is 7.56. The van der Waals surface area contributed by atoms with Crippen LogP contribution in [0.15, 0.2) is 59.0 Å². The Bertz CT molecular complexity index is 1000. The second kappa shape index (κ2) is 8.45. The molecule has 0 aliphatic carbocycles. The van der Waals surface area contributed by atoms with Gasteiger partial charge in [-0.3, -0.25) is 4.79 Å². The van der Waals surface area contributed by atoms with Crippen molar-refractivity contribution in [3.63, 3.8) is 0 Å². The van der Waals surface area contributed by atoms with Crippen LogP contribution in [0, 0.1) is 5.82 Å². The largest absolute Gasteiger partial charge is 0.347 e. The Morgan fingerprint density at radius 3 is 2.74 bits per heavy atom. The molecule has 3 aromatic rings. The summed E-state index contributed by atoms with van der Waals surface area (Å²) in [6.45, 7) is 6.09. The highest BCUT2D eigenvalue weighted by molar-refractivity contribution is 9.10. The summed E-state index contributed by atoms with van der Waals surface area (Å²) in [5, 5.41) is 9.26. The maximum Gasteiger partial charge on any atom is 0.251 e. The van der Waals surface area contributed by atoms with E-state index in [0.717, 1.165) is 9.35 Å². The maximum absolute atomic E-state index is 13.2. The van der Waals surface area contributed by atoms with Gasteiger partial charge in [-0.1, -0.05) is 12.7 Å². The Kier molecular flexibility index (Phi) is 6.03. The summed E-state index contributed by atoms with van der Waals surface area (Å²) in [6, 6.07) is 7.96. The molecule has 4 nitrogen and oxygen atoms in total. The van der Waals surface area contributed by atoms with Gasteiger partial charge in [0.2, 0.25) is 0 Å². The predicted octanol–water partition coefficient (Wildman–Crippen LogP) is 5.20. The summed E-state index contributed by atoms with van der Waals surface area (Å²) in [5.74, 6) is -0.510. The van der Waals surface area contributed by atoms with Gasteiger partial charge in [0.05, 0.1) is 24.1 Å². The van der Waals surface area contributed by atoms with Gasteiger partial charge < -0.3 is 5.32 Å². The van der Waals surface area contributed by atoms with Gasteiger partial charge in [-0.05, 0) is 59.3 Å². The van der Waals surface area contributed by atoms with Crippen LogP contribution in [0.1, 0.15) is 23.1 Å². The molecule has 0 fully saturated rings. The van der Waals surface area contributed by atoms with E-state index in [1.54, 1.807) is 53.4 Å². The van der Waals surface area contributed by atoms with Crippen LogP contribution in [0.5, 0.6) is 0 Å². The zero-order valence-corrected chi connectivity index (χ0v) is 17.0. The van der Waals surface area contributed by atoms with E-state index in [9.17, 15) is 9.18 Å². The van der Waals surface area contributed by atoms with Crippen LogP contribution in [0.25, 0.3) is 17.3 Å². The summed E-state index contributed by atoms with van der Waals surface area (Å²) in [5.41, 5.74) is 2.54. The zero-order chi connectivity index (χ0) is 19.4. The zero-order valence-electron chi connectivity index (χ0n) is 14.6. The highest BCUT2D eigenvalue weighted by Gasteiger charge is 2.18. The fraction of sp³-hybridized carbons (Fsp3) is 0.100. The van der Waals surface area contributed by atoms with Crippen LogP contribution in [0.2, 0.25) is 0 Å². The standard InChI is InChI=1S/C20H17BrFN3OS/c1-3-17(20(26)23-10-16-9-13(21)12-27-16)18-11-24-25(19(18)4-2)15-7-5-14(22)6-8-15/h3-9,11-12H,2,10H2,1H3,(H,23,26)/b17-3+. The van der Waals surface area contributed by atoms with E-state index in [2.05, 4.69) is 32.9 Å². The van der Waals surface area contributed by atoms with Gasteiger partial charge in [-0.2, -0.15) is 5.10 Å². The number of nitrogens with one attached hydrogen (secondary N) is 1. The molecule has 27 heavy (non-hydrogen) atoms. The van der Waals surface area contributed by atoms with Crippen molar-refractivity contribution in [2.24, 2.45) is 0 Å². The highest BCUT2D eigenvalue weighted by Crippen LogP contribution is 2.24. The minimum Gasteiger partial charge on any atom is -0.347 e. The van der Waals surface area contributed by atoms with Gasteiger partial charge in [0, 0.05) is 25.9 Å². The van der Waals surface area contributed by atoms with Crippen LogP contribution in [0.3, 0.4) is 0 Å². The van der Waals surface area contributed by atoms with E-state index >= 15 is 0 Å². The van der Waals surface area contributed by atoms with Crippen molar-refractivity contribution in [1.82, 2.24) is 15.1 Å². The van der Waals surface area contributed by atoms with Crippen molar-refractivity contribution in [2.45, 2.75) is 13.5 Å². The maximum atomic E-state index is 13.2. The molecular formula is C20H17BrFN3OS. The Morgan fingerprint density at radius 1 is 1.41 bits per heavy atom. The molecule has 0 radical (unpaired) electrons. The first kappa shape index (κ1) is 19.3. The quantitative estimate of drug-likeness (QED) is 0.530. The van der Waals surface area contributed by atoms with E-state index in [1.165, 1.54) is 12.1 Å². The molecule has 1 N–H and O–H groups in total. The number of halogens is 2. The van der Waals surface area contributed by atoms with Crippen molar-refractivity contribution in [1.29, 1.82) is 0 Å². The lowest BCUT2D eigenvalue weighted by molar-refractivity contribution is -0.115. The fourth-order valence-corrected chi connectivity index (χ4v) is 4.06. The number of amides is 1. The number of carbonyl (C=O) groups excluding carboxylic acids is 1. The predicted molar refractivity (Wildman–Crippen MR) is 111 cm³/mol. The number of benzene rings is 1. The van der Waals surface area contributed by atoms with Crippen molar-refractivity contribution in [3.05, 3.63) is 81.0 Å². The number of hydrogen-bond donors (Lipinski definition) is 1. The van der Waals surface area contributed by atoms with Crippen LogP contribution in [-0.2, 0) is 11.3 Å². The van der Waals surface area contributed by atoms with Gasteiger partial charge in [0.15, 0.2) is 0 Å². The lowest BCUT2D eigenvalue weighted by Gasteiger charge is -2.09. The molecule has 2 heterocycles. The average molecular weight is 446 g/mol. The van der Waals surface area contributed by atoms with Crippen LogP contribution >= 0.6 is 27.3 Å². The van der Waals surface area contributed by atoms with E-state index < -0.39 is 0 Å². The molecule has 0 atom stereocenters. The molecule has 3 rings (SSSR count). The SMILES string of the molecule is C=Cc1c(/C(=C\C)C(=O)NCc2cc(Br)cs2)cnn1-c1ccc(F)cc1. The fourth-order valence-electron chi connectivity index (χ4n) is 2.67. The van der Waals surface area contributed by atoms with Crippen LogP contribution in [-0.4, -0.2) is 15.7 Å². The molecule has 0 saturated carbocycles. The summed E-state index contributed by atoms with van der Waals surface area (Å²) in [6.07, 6.45) is 5.01. The molecular weight excluding hydrogens is 429 g/mol. The third-order valence-electron chi connectivity index (χ3n) is 3.94. The summed E-state index contributed by atoms with van der Waals surface area (Å²) in [4.78, 5) is 13.8. The van der Waals surface area contributed by atoms with Crippen molar-refractivity contribution in [3.8, 4) is 5.69 Å². The smallest absolute Gasteiger partial charge is 0.251 e. The minimum absolute atomic E-state index is 0.191. The molecule has 2 aromatic heterocycles. The van der Waals surface area contributed by atoms with E-state index in [0.29, 0.717) is 29.1 Å². The van der Waals surface area contributed by atoms with Crippen LogP contribution in [0.4, 0.5) is 4.39 Å². The Labute approximate surface area is 169 Å². The molecule has 1 amide bonds. The molecule has 0 saturated heterocycles. The number of rotatable bonds is 6. The lowest BCUT2D eigenvalue weighted by Crippen LogP contribution is -2.23. The van der Waals surface area contributed by atoms with Crippen molar-refractivity contribution < 1.29 is 9.18 Å². The van der Waals surface area contributed by atoms with Crippen molar-refractivity contribution in [2.75, 3.05) is 0 Å². The average Bonchev–Trinajstić information content (AvgIpc) is 3.27.